The fourth-order valence-electron chi connectivity index (χ4n) is 2.36. The molecule has 0 radical (unpaired) electrons. The quantitative estimate of drug-likeness (QED) is 0.889. The van der Waals surface area contributed by atoms with E-state index in [1.54, 1.807) is 0 Å². The van der Waals surface area contributed by atoms with E-state index in [0.717, 1.165) is 0 Å². The Balaban J connectivity index is 1.98. The summed E-state index contributed by atoms with van der Waals surface area (Å²) in [5.41, 5.74) is 2.61. The summed E-state index contributed by atoms with van der Waals surface area (Å²) in [6.45, 7) is 7.85. The highest BCUT2D eigenvalue weighted by atomic mass is 16.4. The van der Waals surface area contributed by atoms with E-state index in [2.05, 4.69) is 49.9 Å². The first-order chi connectivity index (χ1) is 8.49. The van der Waals surface area contributed by atoms with Crippen LogP contribution in [0.2, 0.25) is 0 Å². The Morgan fingerprint density at radius 1 is 1.17 bits per heavy atom. The summed E-state index contributed by atoms with van der Waals surface area (Å²) in [5.74, 6) is -0.300. The highest BCUT2D eigenvalue weighted by Gasteiger charge is 2.35. The average Bonchev–Trinajstić information content (AvgIpc) is 2.26. The third-order valence-electron chi connectivity index (χ3n) is 3.89. The number of benzene rings is 1. The van der Waals surface area contributed by atoms with E-state index in [9.17, 15) is 4.79 Å². The first kappa shape index (κ1) is 13.1. The molecule has 1 aliphatic heterocycles. The molecule has 0 saturated carbocycles. The van der Waals surface area contributed by atoms with Gasteiger partial charge < -0.3 is 5.11 Å². The van der Waals surface area contributed by atoms with Gasteiger partial charge in [0.15, 0.2) is 0 Å². The second-order valence-electron chi connectivity index (χ2n) is 5.49. The Hall–Kier alpha value is -1.35. The Labute approximate surface area is 108 Å². The van der Waals surface area contributed by atoms with Crippen LogP contribution in [0.15, 0.2) is 24.3 Å². The largest absolute Gasteiger partial charge is 0.481 e. The molecule has 2 rings (SSSR count). The number of carbonyl (C=O) groups is 1. The zero-order valence-electron chi connectivity index (χ0n) is 11.3. The van der Waals surface area contributed by atoms with Gasteiger partial charge in [0.1, 0.15) is 0 Å². The van der Waals surface area contributed by atoms with Crippen molar-refractivity contribution in [2.24, 2.45) is 5.92 Å². The lowest BCUT2D eigenvalue weighted by atomic mass is 9.94. The van der Waals surface area contributed by atoms with E-state index in [4.69, 9.17) is 5.11 Å². The first-order valence-corrected chi connectivity index (χ1v) is 6.55. The molecule has 1 aromatic rings. The minimum absolute atomic E-state index is 0.178. The van der Waals surface area contributed by atoms with Gasteiger partial charge in [0, 0.05) is 19.1 Å². The van der Waals surface area contributed by atoms with Gasteiger partial charge in [0.05, 0.1) is 5.92 Å². The van der Waals surface area contributed by atoms with E-state index in [1.807, 2.05) is 0 Å². The SMILES string of the molecule is CC(C)c1ccc(C(C)N2CC(C(=O)O)C2)cc1. The third-order valence-corrected chi connectivity index (χ3v) is 3.89. The maximum absolute atomic E-state index is 10.8. The van der Waals surface area contributed by atoms with Crippen molar-refractivity contribution in [1.82, 2.24) is 4.90 Å². The number of carboxylic acids is 1. The van der Waals surface area contributed by atoms with Crippen LogP contribution in [0.3, 0.4) is 0 Å². The summed E-state index contributed by atoms with van der Waals surface area (Å²) >= 11 is 0. The van der Waals surface area contributed by atoms with E-state index in [1.165, 1.54) is 11.1 Å². The van der Waals surface area contributed by atoms with Crippen LogP contribution in [0, 0.1) is 5.92 Å². The van der Waals surface area contributed by atoms with Gasteiger partial charge in [-0.2, -0.15) is 0 Å². The van der Waals surface area contributed by atoms with Crippen molar-refractivity contribution >= 4 is 5.97 Å². The number of likely N-dealkylation sites (tertiary alicyclic amines) is 1. The average molecular weight is 247 g/mol. The molecule has 0 spiro atoms. The van der Waals surface area contributed by atoms with Gasteiger partial charge in [-0.05, 0) is 24.0 Å². The Kier molecular flexibility index (Phi) is 3.71. The molecular weight excluding hydrogens is 226 g/mol. The zero-order chi connectivity index (χ0) is 13.3. The molecule has 1 aliphatic rings. The maximum Gasteiger partial charge on any atom is 0.309 e. The number of carboxylic acid groups (broad SMARTS) is 1. The summed E-state index contributed by atoms with van der Waals surface area (Å²) in [6, 6.07) is 8.97. The minimum Gasteiger partial charge on any atom is -0.481 e. The van der Waals surface area contributed by atoms with Crippen LogP contribution in [0.5, 0.6) is 0 Å². The van der Waals surface area contributed by atoms with Crippen LogP contribution in [0.1, 0.15) is 43.9 Å². The molecule has 1 fully saturated rings. The summed E-state index contributed by atoms with van der Waals surface area (Å²) in [5, 5.41) is 8.87. The normalized spacial score (nSPS) is 18.7. The molecule has 3 nitrogen and oxygen atoms in total. The van der Waals surface area contributed by atoms with Crippen molar-refractivity contribution in [1.29, 1.82) is 0 Å². The van der Waals surface area contributed by atoms with Gasteiger partial charge in [-0.25, -0.2) is 0 Å². The molecule has 0 aromatic heterocycles. The predicted octanol–water partition coefficient (Wildman–Crippen LogP) is 2.89. The Bertz CT molecular complexity index is 419. The summed E-state index contributed by atoms with van der Waals surface area (Å²) in [6.07, 6.45) is 0. The van der Waals surface area contributed by atoms with Crippen LogP contribution < -0.4 is 0 Å². The standard InChI is InChI=1S/C15H21NO2/c1-10(2)12-4-6-13(7-5-12)11(3)16-8-14(9-16)15(17)18/h4-7,10-11,14H,8-9H2,1-3H3,(H,17,18). The molecule has 1 N–H and O–H groups in total. The van der Waals surface area contributed by atoms with Gasteiger partial charge in [-0.3, -0.25) is 9.69 Å². The molecule has 0 bridgehead atoms. The second kappa shape index (κ2) is 5.11. The van der Waals surface area contributed by atoms with E-state index < -0.39 is 5.97 Å². The first-order valence-electron chi connectivity index (χ1n) is 6.55. The van der Waals surface area contributed by atoms with Crippen LogP contribution in [-0.2, 0) is 4.79 Å². The predicted molar refractivity (Wildman–Crippen MR) is 71.6 cm³/mol. The number of nitrogens with zero attached hydrogens (tertiary/aromatic N) is 1. The van der Waals surface area contributed by atoms with Gasteiger partial charge in [0.2, 0.25) is 0 Å². The monoisotopic (exact) mass is 247 g/mol. The molecule has 18 heavy (non-hydrogen) atoms. The van der Waals surface area contributed by atoms with Crippen molar-refractivity contribution in [2.45, 2.75) is 32.7 Å². The van der Waals surface area contributed by atoms with Gasteiger partial charge >= 0.3 is 5.97 Å². The van der Waals surface area contributed by atoms with E-state index in [0.29, 0.717) is 25.0 Å². The smallest absolute Gasteiger partial charge is 0.309 e. The van der Waals surface area contributed by atoms with Crippen LogP contribution in [-0.4, -0.2) is 29.1 Å². The third kappa shape index (κ3) is 2.56. The van der Waals surface area contributed by atoms with Gasteiger partial charge in [-0.1, -0.05) is 38.1 Å². The fraction of sp³-hybridized carbons (Fsp3) is 0.533. The van der Waals surface area contributed by atoms with Gasteiger partial charge in [-0.15, -0.1) is 0 Å². The highest BCUT2D eigenvalue weighted by Crippen LogP contribution is 2.29. The van der Waals surface area contributed by atoms with Crippen molar-refractivity contribution in [2.75, 3.05) is 13.1 Å². The molecule has 1 atom stereocenters. The van der Waals surface area contributed by atoms with Crippen LogP contribution in [0.25, 0.3) is 0 Å². The number of hydrogen-bond donors (Lipinski definition) is 1. The highest BCUT2D eigenvalue weighted by molar-refractivity contribution is 5.71. The fourth-order valence-corrected chi connectivity index (χ4v) is 2.36. The van der Waals surface area contributed by atoms with Crippen molar-refractivity contribution in [3.8, 4) is 0 Å². The molecule has 1 heterocycles. The lowest BCUT2D eigenvalue weighted by molar-refractivity contribution is -0.148. The Morgan fingerprint density at radius 3 is 2.11 bits per heavy atom. The molecule has 3 heteroatoms. The number of rotatable bonds is 4. The summed E-state index contributed by atoms with van der Waals surface area (Å²) in [4.78, 5) is 13.0. The molecule has 98 valence electrons. The summed E-state index contributed by atoms with van der Waals surface area (Å²) in [7, 11) is 0. The van der Waals surface area contributed by atoms with Crippen LogP contribution >= 0.6 is 0 Å². The topological polar surface area (TPSA) is 40.5 Å². The molecular formula is C15H21NO2. The zero-order valence-corrected chi connectivity index (χ0v) is 11.3. The minimum atomic E-state index is -0.673. The maximum atomic E-state index is 10.8. The van der Waals surface area contributed by atoms with Crippen molar-refractivity contribution in [3.05, 3.63) is 35.4 Å². The van der Waals surface area contributed by atoms with E-state index in [-0.39, 0.29) is 5.92 Å². The Morgan fingerprint density at radius 2 is 1.67 bits per heavy atom. The number of aliphatic carboxylic acids is 1. The van der Waals surface area contributed by atoms with E-state index >= 15 is 0 Å². The molecule has 0 amide bonds. The lowest BCUT2D eigenvalue weighted by Gasteiger charge is -2.41. The molecule has 1 aromatic carbocycles. The van der Waals surface area contributed by atoms with Crippen molar-refractivity contribution in [3.63, 3.8) is 0 Å². The molecule has 0 aliphatic carbocycles. The molecule has 1 saturated heterocycles. The van der Waals surface area contributed by atoms with Gasteiger partial charge in [0.25, 0.3) is 0 Å². The second-order valence-corrected chi connectivity index (χ2v) is 5.49. The summed E-state index contributed by atoms with van der Waals surface area (Å²) < 4.78 is 0. The van der Waals surface area contributed by atoms with Crippen molar-refractivity contribution < 1.29 is 9.90 Å². The van der Waals surface area contributed by atoms with Crippen LogP contribution in [0.4, 0.5) is 0 Å². The molecule has 1 unspecified atom stereocenters. The number of hydrogen-bond acceptors (Lipinski definition) is 2. The lowest BCUT2D eigenvalue weighted by Crippen LogP contribution is -2.51.